The van der Waals surface area contributed by atoms with Crippen LogP contribution in [0.2, 0.25) is 0 Å². The van der Waals surface area contributed by atoms with E-state index in [-0.39, 0.29) is 5.82 Å². The average Bonchev–Trinajstić information content (AvgIpc) is 2.73. The highest BCUT2D eigenvalue weighted by Crippen LogP contribution is 2.17. The van der Waals surface area contributed by atoms with Gasteiger partial charge in [-0.2, -0.15) is 4.68 Å². The van der Waals surface area contributed by atoms with Crippen LogP contribution in [0.3, 0.4) is 0 Å². The van der Waals surface area contributed by atoms with Gasteiger partial charge in [0.25, 0.3) is 0 Å². The molecule has 0 bridgehead atoms. The number of nitrogens with zero attached hydrogens (tertiary/aromatic N) is 5. The maximum Gasteiger partial charge on any atom is 0.392 e. The summed E-state index contributed by atoms with van der Waals surface area (Å²) < 4.78 is 1.45. The van der Waals surface area contributed by atoms with Gasteiger partial charge in [-0.3, -0.25) is 0 Å². The fraction of sp³-hybridized carbons (Fsp3) is 0.286. The number of anilines is 1. The summed E-state index contributed by atoms with van der Waals surface area (Å²) in [6, 6.07) is 0. The van der Waals surface area contributed by atoms with Gasteiger partial charge in [-0.25, -0.2) is 0 Å². The zero-order valence-corrected chi connectivity index (χ0v) is 9.14. The Labute approximate surface area is 93.9 Å². The number of aryl methyl sites for hydroxylation is 1. The molecule has 0 aliphatic carbocycles. The van der Waals surface area contributed by atoms with E-state index in [1.807, 2.05) is 0 Å². The van der Waals surface area contributed by atoms with Crippen LogP contribution in [0.25, 0.3) is 0 Å². The van der Waals surface area contributed by atoms with Crippen LogP contribution in [0.5, 0.6) is 0 Å². The predicted molar refractivity (Wildman–Crippen MR) is 57.0 cm³/mol. The molecule has 9 heteroatoms. The summed E-state index contributed by atoms with van der Waals surface area (Å²) in [6.45, 7) is 1.97. The highest BCUT2D eigenvalue weighted by atomic mass is 32.1. The zero-order valence-electron chi connectivity index (χ0n) is 8.32. The first-order valence-corrected chi connectivity index (χ1v) is 5.14. The molecule has 8 nitrogen and oxygen atoms in total. The normalized spacial score (nSPS) is 10.6. The van der Waals surface area contributed by atoms with E-state index < -0.39 is 4.92 Å². The van der Waals surface area contributed by atoms with Crippen molar-refractivity contribution in [2.75, 3.05) is 5.73 Å². The Morgan fingerprint density at radius 2 is 2.38 bits per heavy atom. The molecule has 0 unspecified atom stereocenters. The fourth-order valence-electron chi connectivity index (χ4n) is 1.24. The summed E-state index contributed by atoms with van der Waals surface area (Å²) in [7, 11) is 0. The summed E-state index contributed by atoms with van der Waals surface area (Å²) in [4.78, 5) is 10.1. The van der Waals surface area contributed by atoms with Gasteiger partial charge >= 0.3 is 5.82 Å². The van der Waals surface area contributed by atoms with Crippen molar-refractivity contribution in [2.24, 2.45) is 0 Å². The van der Waals surface area contributed by atoms with Crippen LogP contribution in [0.15, 0.2) is 6.20 Å². The summed E-state index contributed by atoms with van der Waals surface area (Å²) in [6.07, 6.45) is 1.59. The summed E-state index contributed by atoms with van der Waals surface area (Å²) in [5.41, 5.74) is 5.94. The van der Waals surface area contributed by atoms with Crippen molar-refractivity contribution in [1.29, 1.82) is 0 Å². The highest BCUT2D eigenvalue weighted by molar-refractivity contribution is 7.15. The van der Waals surface area contributed by atoms with Crippen molar-refractivity contribution in [1.82, 2.24) is 20.0 Å². The minimum Gasteiger partial charge on any atom is -0.374 e. The van der Waals surface area contributed by atoms with Crippen LogP contribution in [0, 0.1) is 17.0 Å². The summed E-state index contributed by atoms with van der Waals surface area (Å²) >= 11 is 1.23. The Hall–Kier alpha value is -2.03. The quantitative estimate of drug-likeness (QED) is 0.620. The van der Waals surface area contributed by atoms with Crippen molar-refractivity contribution in [3.8, 4) is 0 Å². The molecule has 0 atom stereocenters. The first-order chi connectivity index (χ1) is 7.56. The second-order valence-electron chi connectivity index (χ2n) is 3.12. The molecule has 16 heavy (non-hydrogen) atoms. The molecule has 0 aliphatic rings. The highest BCUT2D eigenvalue weighted by Gasteiger charge is 2.17. The molecule has 2 heterocycles. The largest absolute Gasteiger partial charge is 0.392 e. The molecule has 2 N–H and O–H groups in total. The number of aromatic nitrogens is 4. The lowest BCUT2D eigenvalue weighted by atomic mass is 10.4. The second kappa shape index (κ2) is 3.85. The van der Waals surface area contributed by atoms with Gasteiger partial charge in [-0.05, 0) is 11.8 Å². The lowest BCUT2D eigenvalue weighted by molar-refractivity contribution is -0.390. The van der Waals surface area contributed by atoms with E-state index in [4.69, 9.17) is 5.73 Å². The smallest absolute Gasteiger partial charge is 0.374 e. The second-order valence-corrected chi connectivity index (χ2v) is 4.22. The molecule has 2 aromatic heterocycles. The Morgan fingerprint density at radius 1 is 1.62 bits per heavy atom. The molecule has 0 saturated heterocycles. The van der Waals surface area contributed by atoms with Gasteiger partial charge in [0.05, 0.1) is 16.9 Å². The molecule has 0 fully saturated rings. The maximum atomic E-state index is 10.6. The number of nitro groups is 1. The van der Waals surface area contributed by atoms with Gasteiger partial charge in [0.15, 0.2) is 0 Å². The molecule has 0 radical (unpaired) electrons. The van der Waals surface area contributed by atoms with Crippen LogP contribution >= 0.6 is 11.3 Å². The maximum absolute atomic E-state index is 10.6. The molecule has 2 rings (SSSR count). The third-order valence-electron chi connectivity index (χ3n) is 1.87. The molecular formula is C7H8N6O2S. The minimum absolute atomic E-state index is 0.141. The Kier molecular flexibility index (Phi) is 2.52. The van der Waals surface area contributed by atoms with E-state index in [9.17, 15) is 10.1 Å². The molecule has 0 aromatic carbocycles. The number of hydrogen-bond donors (Lipinski definition) is 1. The van der Waals surface area contributed by atoms with Gasteiger partial charge in [0.1, 0.15) is 11.6 Å². The Morgan fingerprint density at radius 3 is 2.88 bits per heavy atom. The van der Waals surface area contributed by atoms with E-state index in [2.05, 4.69) is 15.3 Å². The van der Waals surface area contributed by atoms with Crippen LogP contribution in [0.1, 0.15) is 10.6 Å². The van der Waals surface area contributed by atoms with Crippen LogP contribution in [-0.2, 0) is 6.54 Å². The van der Waals surface area contributed by atoms with Crippen molar-refractivity contribution in [3.63, 3.8) is 0 Å². The molecule has 2 aromatic rings. The molecule has 84 valence electrons. The van der Waals surface area contributed by atoms with E-state index in [0.29, 0.717) is 22.2 Å². The lowest BCUT2D eigenvalue weighted by Gasteiger charge is -1.89. The summed E-state index contributed by atoms with van der Waals surface area (Å²) in [5, 5.41) is 22.9. The minimum atomic E-state index is -0.514. The monoisotopic (exact) mass is 240 g/mol. The van der Waals surface area contributed by atoms with E-state index in [1.165, 1.54) is 16.0 Å². The summed E-state index contributed by atoms with van der Waals surface area (Å²) in [5.74, 6) is -0.141. The van der Waals surface area contributed by atoms with Crippen molar-refractivity contribution >= 4 is 22.3 Å². The van der Waals surface area contributed by atoms with Gasteiger partial charge in [-0.15, -0.1) is 10.2 Å². The number of nitrogen functional groups attached to an aromatic ring is 1. The van der Waals surface area contributed by atoms with Crippen molar-refractivity contribution < 1.29 is 4.92 Å². The Bertz CT molecular complexity index is 533. The fourth-order valence-corrected chi connectivity index (χ4v) is 1.84. The first-order valence-electron chi connectivity index (χ1n) is 4.32. The Balaban J connectivity index is 2.22. The molecule has 0 aliphatic heterocycles. The molecule has 0 amide bonds. The van der Waals surface area contributed by atoms with E-state index in [0.717, 1.165) is 0 Å². The van der Waals surface area contributed by atoms with Gasteiger partial charge in [-0.1, -0.05) is 11.3 Å². The number of rotatable bonds is 3. The molecule has 0 spiro atoms. The first kappa shape index (κ1) is 10.5. The van der Waals surface area contributed by atoms with Crippen molar-refractivity contribution in [3.05, 3.63) is 26.9 Å². The zero-order chi connectivity index (χ0) is 11.7. The SMILES string of the molecule is Cc1cn(Cc2nnc(N)s2)nc1[N+](=O)[O-]. The molecular weight excluding hydrogens is 232 g/mol. The number of hydrogen-bond acceptors (Lipinski definition) is 7. The van der Waals surface area contributed by atoms with E-state index in [1.54, 1.807) is 13.1 Å². The van der Waals surface area contributed by atoms with Gasteiger partial charge in [0.2, 0.25) is 5.13 Å². The van der Waals surface area contributed by atoms with Crippen molar-refractivity contribution in [2.45, 2.75) is 13.5 Å². The predicted octanol–water partition coefficient (Wildman–Crippen LogP) is 0.582. The van der Waals surface area contributed by atoms with Gasteiger partial charge in [0, 0.05) is 0 Å². The van der Waals surface area contributed by atoms with Gasteiger partial charge < -0.3 is 15.8 Å². The standard InChI is InChI=1S/C7H8N6O2S/c1-4-2-12(11-6(4)13(14)15)3-5-9-10-7(8)16-5/h2H,3H2,1H3,(H2,8,10). The third-order valence-corrected chi connectivity index (χ3v) is 2.61. The lowest BCUT2D eigenvalue weighted by Crippen LogP contribution is -2.00. The average molecular weight is 240 g/mol. The van der Waals surface area contributed by atoms with E-state index >= 15 is 0 Å². The van der Waals surface area contributed by atoms with Crippen LogP contribution in [0.4, 0.5) is 10.9 Å². The van der Waals surface area contributed by atoms with Crippen LogP contribution in [-0.4, -0.2) is 24.9 Å². The third kappa shape index (κ3) is 1.98. The topological polar surface area (TPSA) is 113 Å². The molecule has 0 saturated carbocycles. The number of nitrogens with two attached hydrogens (primary N) is 1. The van der Waals surface area contributed by atoms with Crippen LogP contribution < -0.4 is 5.73 Å².